The SMILES string of the molecule is CC1(C(C)(O)c2ccccc2C(F)(F)F)CC1. The zero-order valence-electron chi connectivity index (χ0n) is 9.80. The van der Waals surface area contributed by atoms with Crippen LogP contribution in [0.3, 0.4) is 0 Å². The van der Waals surface area contributed by atoms with E-state index in [1.54, 1.807) is 0 Å². The highest BCUT2D eigenvalue weighted by Gasteiger charge is 2.55. The summed E-state index contributed by atoms with van der Waals surface area (Å²) in [5, 5.41) is 10.4. The lowest BCUT2D eigenvalue weighted by Crippen LogP contribution is -2.33. The van der Waals surface area contributed by atoms with Crippen LogP contribution in [-0.2, 0) is 11.8 Å². The number of alkyl halides is 3. The third-order valence-corrected chi connectivity index (χ3v) is 3.93. The van der Waals surface area contributed by atoms with Crippen molar-refractivity contribution in [2.24, 2.45) is 5.41 Å². The topological polar surface area (TPSA) is 20.2 Å². The second-order valence-electron chi connectivity index (χ2n) is 5.18. The molecule has 1 N–H and O–H groups in total. The Labute approximate surface area is 98.3 Å². The molecule has 4 heteroatoms. The number of hydrogen-bond donors (Lipinski definition) is 1. The minimum Gasteiger partial charge on any atom is -0.385 e. The van der Waals surface area contributed by atoms with Gasteiger partial charge >= 0.3 is 6.18 Å². The summed E-state index contributed by atoms with van der Waals surface area (Å²) in [6.07, 6.45) is -2.91. The normalized spacial score (nSPS) is 22.0. The minimum absolute atomic E-state index is 0.0208. The Bertz CT molecular complexity index is 431. The number of halogens is 3. The standard InChI is InChI=1S/C13H15F3O/c1-11(7-8-11)12(2,17)9-5-3-4-6-10(9)13(14,15)16/h3-6,17H,7-8H2,1-2H3. The van der Waals surface area contributed by atoms with Gasteiger partial charge in [0.2, 0.25) is 0 Å². The van der Waals surface area contributed by atoms with Gasteiger partial charge in [-0.25, -0.2) is 0 Å². The van der Waals surface area contributed by atoms with Gasteiger partial charge in [-0.05, 0) is 31.4 Å². The molecule has 0 radical (unpaired) electrons. The molecular formula is C13H15F3O. The van der Waals surface area contributed by atoms with Gasteiger partial charge in [-0.2, -0.15) is 13.2 Å². The molecule has 1 nitrogen and oxygen atoms in total. The van der Waals surface area contributed by atoms with E-state index in [4.69, 9.17) is 0 Å². The average molecular weight is 244 g/mol. The predicted octanol–water partition coefficient (Wildman–Crippen LogP) is 3.71. The van der Waals surface area contributed by atoms with Crippen LogP contribution in [0.1, 0.15) is 37.8 Å². The largest absolute Gasteiger partial charge is 0.416 e. The Hall–Kier alpha value is -1.03. The number of rotatable bonds is 2. The molecule has 0 heterocycles. The van der Waals surface area contributed by atoms with Crippen LogP contribution in [-0.4, -0.2) is 5.11 Å². The van der Waals surface area contributed by atoms with E-state index in [0.29, 0.717) is 0 Å². The molecule has 0 spiro atoms. The fraction of sp³-hybridized carbons (Fsp3) is 0.538. The summed E-state index contributed by atoms with van der Waals surface area (Å²) < 4.78 is 38.6. The highest BCUT2D eigenvalue weighted by Crippen LogP contribution is 2.59. The molecule has 0 aliphatic heterocycles. The monoisotopic (exact) mass is 244 g/mol. The van der Waals surface area contributed by atoms with E-state index in [9.17, 15) is 18.3 Å². The molecule has 1 fully saturated rings. The van der Waals surface area contributed by atoms with Crippen molar-refractivity contribution in [2.75, 3.05) is 0 Å². The maximum atomic E-state index is 12.9. The van der Waals surface area contributed by atoms with Crippen molar-refractivity contribution < 1.29 is 18.3 Å². The molecule has 1 aromatic rings. The Kier molecular flexibility index (Phi) is 2.54. The van der Waals surface area contributed by atoms with E-state index in [1.165, 1.54) is 25.1 Å². The maximum absolute atomic E-state index is 12.9. The molecule has 0 saturated heterocycles. The van der Waals surface area contributed by atoms with Gasteiger partial charge in [0.05, 0.1) is 11.2 Å². The third kappa shape index (κ3) is 1.95. The molecule has 17 heavy (non-hydrogen) atoms. The Morgan fingerprint density at radius 1 is 1.12 bits per heavy atom. The first-order valence-electron chi connectivity index (χ1n) is 5.58. The Balaban J connectivity index is 2.53. The zero-order valence-corrected chi connectivity index (χ0v) is 9.80. The van der Waals surface area contributed by atoms with Crippen LogP contribution in [0.4, 0.5) is 13.2 Å². The second-order valence-corrected chi connectivity index (χ2v) is 5.18. The van der Waals surface area contributed by atoms with Gasteiger partial charge in [-0.3, -0.25) is 0 Å². The molecular weight excluding hydrogens is 229 g/mol. The van der Waals surface area contributed by atoms with Crippen molar-refractivity contribution in [2.45, 2.75) is 38.5 Å². The van der Waals surface area contributed by atoms with E-state index >= 15 is 0 Å². The molecule has 1 aliphatic carbocycles. The number of hydrogen-bond acceptors (Lipinski definition) is 1. The van der Waals surface area contributed by atoms with Crippen molar-refractivity contribution in [1.82, 2.24) is 0 Å². The quantitative estimate of drug-likeness (QED) is 0.840. The van der Waals surface area contributed by atoms with Crippen LogP contribution in [0.15, 0.2) is 24.3 Å². The Morgan fingerprint density at radius 3 is 2.00 bits per heavy atom. The average Bonchev–Trinajstić information content (AvgIpc) is 2.97. The van der Waals surface area contributed by atoms with Crippen LogP contribution in [0.2, 0.25) is 0 Å². The lowest BCUT2D eigenvalue weighted by atomic mass is 9.79. The van der Waals surface area contributed by atoms with Crippen molar-refractivity contribution in [1.29, 1.82) is 0 Å². The lowest BCUT2D eigenvalue weighted by molar-refractivity contribution is -0.141. The fourth-order valence-electron chi connectivity index (χ4n) is 2.15. The molecule has 1 aliphatic rings. The molecule has 0 amide bonds. The Morgan fingerprint density at radius 2 is 1.59 bits per heavy atom. The van der Waals surface area contributed by atoms with Crippen LogP contribution < -0.4 is 0 Å². The third-order valence-electron chi connectivity index (χ3n) is 3.93. The molecule has 0 aromatic heterocycles. The van der Waals surface area contributed by atoms with Crippen molar-refractivity contribution >= 4 is 0 Å². The van der Waals surface area contributed by atoms with Crippen molar-refractivity contribution in [3.05, 3.63) is 35.4 Å². The molecule has 94 valence electrons. The van der Waals surface area contributed by atoms with Crippen LogP contribution in [0.5, 0.6) is 0 Å². The van der Waals surface area contributed by atoms with Gasteiger partial charge in [-0.1, -0.05) is 25.1 Å². The maximum Gasteiger partial charge on any atom is 0.416 e. The van der Waals surface area contributed by atoms with E-state index < -0.39 is 22.8 Å². The van der Waals surface area contributed by atoms with Gasteiger partial charge in [0.1, 0.15) is 0 Å². The summed E-state index contributed by atoms with van der Waals surface area (Å²) in [5.74, 6) is 0. The van der Waals surface area contributed by atoms with E-state index in [0.717, 1.165) is 18.9 Å². The van der Waals surface area contributed by atoms with Crippen LogP contribution in [0, 0.1) is 5.41 Å². The first-order chi connectivity index (χ1) is 7.68. The highest BCUT2D eigenvalue weighted by molar-refractivity contribution is 5.36. The molecule has 0 bridgehead atoms. The van der Waals surface area contributed by atoms with Gasteiger partial charge in [0.25, 0.3) is 0 Å². The summed E-state index contributed by atoms with van der Waals surface area (Å²) in [7, 11) is 0. The first kappa shape index (κ1) is 12.4. The van der Waals surface area contributed by atoms with Crippen LogP contribution >= 0.6 is 0 Å². The van der Waals surface area contributed by atoms with Gasteiger partial charge in [0.15, 0.2) is 0 Å². The first-order valence-corrected chi connectivity index (χ1v) is 5.58. The number of aliphatic hydroxyl groups is 1. The second kappa shape index (κ2) is 3.48. The van der Waals surface area contributed by atoms with Crippen LogP contribution in [0.25, 0.3) is 0 Å². The minimum atomic E-state index is -4.42. The van der Waals surface area contributed by atoms with Gasteiger partial charge in [-0.15, -0.1) is 0 Å². The summed E-state index contributed by atoms with van der Waals surface area (Å²) >= 11 is 0. The zero-order chi connectivity index (χ0) is 12.9. The highest BCUT2D eigenvalue weighted by atomic mass is 19.4. The van der Waals surface area contributed by atoms with Crippen molar-refractivity contribution in [3.63, 3.8) is 0 Å². The molecule has 1 aromatic carbocycles. The summed E-state index contributed by atoms with van der Waals surface area (Å²) in [6.45, 7) is 3.30. The molecule has 2 rings (SSSR count). The number of benzene rings is 1. The lowest BCUT2D eigenvalue weighted by Gasteiger charge is -2.33. The van der Waals surface area contributed by atoms with Crippen molar-refractivity contribution in [3.8, 4) is 0 Å². The molecule has 1 unspecified atom stereocenters. The molecule has 1 atom stereocenters. The predicted molar refractivity (Wildman–Crippen MR) is 58.4 cm³/mol. The summed E-state index contributed by atoms with van der Waals surface area (Å²) in [4.78, 5) is 0. The summed E-state index contributed by atoms with van der Waals surface area (Å²) in [6, 6.07) is 5.27. The van der Waals surface area contributed by atoms with E-state index in [2.05, 4.69) is 0 Å². The van der Waals surface area contributed by atoms with Gasteiger partial charge < -0.3 is 5.11 Å². The van der Waals surface area contributed by atoms with Gasteiger partial charge in [0, 0.05) is 5.41 Å². The van der Waals surface area contributed by atoms with E-state index in [-0.39, 0.29) is 5.56 Å². The molecule has 1 saturated carbocycles. The fourth-order valence-corrected chi connectivity index (χ4v) is 2.15. The van der Waals surface area contributed by atoms with E-state index in [1.807, 2.05) is 6.92 Å². The summed E-state index contributed by atoms with van der Waals surface area (Å²) in [5.41, 5.74) is -2.63. The smallest absolute Gasteiger partial charge is 0.385 e.